The highest BCUT2D eigenvalue weighted by molar-refractivity contribution is 5.87. The molecular weight excluding hydrogens is 196 g/mol. The second kappa shape index (κ2) is 5.82. The maximum atomic E-state index is 11.5. The van der Waals surface area contributed by atoms with Gasteiger partial charge < -0.3 is 10.1 Å². The Morgan fingerprint density at radius 2 is 2.00 bits per heavy atom. The summed E-state index contributed by atoms with van der Waals surface area (Å²) in [6, 6.07) is -0.390. The monoisotopic (exact) mass is 214 g/mol. The molecule has 0 radical (unpaired) electrons. The average Bonchev–Trinajstić information content (AvgIpc) is 2.18. The molecular formula is C10H18N2O3. The minimum absolute atomic E-state index is 0.0228. The van der Waals surface area contributed by atoms with Gasteiger partial charge in [-0.1, -0.05) is 0 Å². The van der Waals surface area contributed by atoms with Crippen LogP contribution in [-0.2, 0) is 14.3 Å². The summed E-state index contributed by atoms with van der Waals surface area (Å²) in [4.78, 5) is 24.4. The number of morpholine rings is 1. The first-order valence-corrected chi connectivity index (χ1v) is 5.19. The van der Waals surface area contributed by atoms with Crippen LogP contribution in [0.25, 0.3) is 0 Å². The zero-order valence-corrected chi connectivity index (χ0v) is 9.28. The molecule has 0 aromatic rings. The van der Waals surface area contributed by atoms with E-state index in [1.807, 2.05) is 4.90 Å². The van der Waals surface area contributed by atoms with E-state index in [4.69, 9.17) is 4.74 Å². The van der Waals surface area contributed by atoms with Gasteiger partial charge in [0.15, 0.2) is 5.78 Å². The molecule has 15 heavy (non-hydrogen) atoms. The molecule has 1 N–H and O–H groups in total. The Hall–Kier alpha value is -0.940. The van der Waals surface area contributed by atoms with Gasteiger partial charge in [-0.3, -0.25) is 14.5 Å². The van der Waals surface area contributed by atoms with Crippen LogP contribution in [0.2, 0.25) is 0 Å². The molecule has 0 saturated carbocycles. The zero-order chi connectivity index (χ0) is 11.3. The van der Waals surface area contributed by atoms with Crippen molar-refractivity contribution in [3.8, 4) is 0 Å². The third-order valence-electron chi connectivity index (χ3n) is 2.46. The Morgan fingerprint density at radius 1 is 1.40 bits per heavy atom. The lowest BCUT2D eigenvalue weighted by Crippen LogP contribution is -2.46. The van der Waals surface area contributed by atoms with E-state index in [2.05, 4.69) is 5.32 Å². The number of hydrogen-bond acceptors (Lipinski definition) is 4. The van der Waals surface area contributed by atoms with Gasteiger partial charge in [-0.2, -0.15) is 0 Å². The highest BCUT2D eigenvalue weighted by Crippen LogP contribution is 1.96. The number of Topliss-reactive ketones (excluding diaryl/α,β-unsaturated/α-hetero) is 1. The Bertz CT molecular complexity index is 237. The van der Waals surface area contributed by atoms with Crippen LogP contribution in [0.3, 0.4) is 0 Å². The second-order valence-corrected chi connectivity index (χ2v) is 3.79. The van der Waals surface area contributed by atoms with E-state index < -0.39 is 6.04 Å². The number of carbonyl (C=O) groups is 2. The standard InChI is InChI=1S/C10H18N2O3/c1-8(9(2)13)11-10(14)7-12-3-5-15-6-4-12/h8H,3-7H2,1-2H3,(H,11,14)/t8-/m0/s1. The van der Waals surface area contributed by atoms with Crippen LogP contribution >= 0.6 is 0 Å². The van der Waals surface area contributed by atoms with Gasteiger partial charge in [-0.25, -0.2) is 0 Å². The van der Waals surface area contributed by atoms with Gasteiger partial charge >= 0.3 is 0 Å². The van der Waals surface area contributed by atoms with Gasteiger partial charge in [0.2, 0.25) is 5.91 Å². The number of rotatable bonds is 4. The summed E-state index contributed by atoms with van der Waals surface area (Å²) in [5.74, 6) is -0.120. The number of ketones is 1. The van der Waals surface area contributed by atoms with Gasteiger partial charge in [-0.05, 0) is 13.8 Å². The van der Waals surface area contributed by atoms with Gasteiger partial charge in [0.05, 0.1) is 25.8 Å². The van der Waals surface area contributed by atoms with Crippen LogP contribution in [0.1, 0.15) is 13.8 Å². The first-order chi connectivity index (χ1) is 7.09. The SMILES string of the molecule is CC(=O)[C@H](C)NC(=O)CN1CCOCC1. The largest absolute Gasteiger partial charge is 0.379 e. The predicted octanol–water partition coefficient (Wildman–Crippen LogP) is -0.588. The molecule has 5 heteroatoms. The molecule has 1 atom stereocenters. The van der Waals surface area contributed by atoms with Crippen molar-refractivity contribution in [1.29, 1.82) is 0 Å². The van der Waals surface area contributed by atoms with E-state index >= 15 is 0 Å². The summed E-state index contributed by atoms with van der Waals surface area (Å²) in [5, 5.41) is 2.66. The fraction of sp³-hybridized carbons (Fsp3) is 0.800. The van der Waals surface area contributed by atoms with Crippen molar-refractivity contribution < 1.29 is 14.3 Å². The van der Waals surface area contributed by atoms with Crippen LogP contribution in [0.4, 0.5) is 0 Å². The summed E-state index contributed by atoms with van der Waals surface area (Å²) >= 11 is 0. The summed E-state index contributed by atoms with van der Waals surface area (Å²) in [7, 11) is 0. The zero-order valence-electron chi connectivity index (χ0n) is 9.28. The van der Waals surface area contributed by atoms with E-state index in [1.54, 1.807) is 6.92 Å². The Labute approximate surface area is 89.8 Å². The lowest BCUT2D eigenvalue weighted by molar-refractivity contribution is -0.127. The Kier molecular flexibility index (Phi) is 4.71. The molecule has 0 aromatic carbocycles. The number of nitrogens with zero attached hydrogens (tertiary/aromatic N) is 1. The smallest absolute Gasteiger partial charge is 0.234 e. The molecule has 0 spiro atoms. The third kappa shape index (κ3) is 4.40. The minimum Gasteiger partial charge on any atom is -0.379 e. The maximum absolute atomic E-state index is 11.5. The van der Waals surface area contributed by atoms with Crippen molar-refractivity contribution in [3.63, 3.8) is 0 Å². The first-order valence-electron chi connectivity index (χ1n) is 5.19. The minimum atomic E-state index is -0.390. The van der Waals surface area contributed by atoms with Crippen molar-refractivity contribution in [2.45, 2.75) is 19.9 Å². The van der Waals surface area contributed by atoms with Crippen LogP contribution in [0.15, 0.2) is 0 Å². The first kappa shape index (κ1) is 12.1. The van der Waals surface area contributed by atoms with E-state index in [-0.39, 0.29) is 11.7 Å². The lowest BCUT2D eigenvalue weighted by atomic mass is 10.2. The fourth-order valence-corrected chi connectivity index (χ4v) is 1.35. The molecule has 1 aliphatic rings. The summed E-state index contributed by atoms with van der Waals surface area (Å²) in [6.07, 6.45) is 0. The molecule has 0 bridgehead atoms. The summed E-state index contributed by atoms with van der Waals surface area (Å²) in [6.45, 7) is 6.43. The lowest BCUT2D eigenvalue weighted by Gasteiger charge is -2.26. The van der Waals surface area contributed by atoms with Crippen LogP contribution in [0.5, 0.6) is 0 Å². The number of carbonyl (C=O) groups excluding carboxylic acids is 2. The molecule has 1 fully saturated rings. The van der Waals surface area contributed by atoms with Gasteiger partial charge in [0.1, 0.15) is 0 Å². The molecule has 0 aliphatic carbocycles. The molecule has 1 amide bonds. The number of ether oxygens (including phenoxy) is 1. The van der Waals surface area contributed by atoms with Crippen LogP contribution < -0.4 is 5.32 Å². The van der Waals surface area contributed by atoms with Crippen LogP contribution in [0, 0.1) is 0 Å². The van der Waals surface area contributed by atoms with Gasteiger partial charge in [0.25, 0.3) is 0 Å². The molecule has 1 saturated heterocycles. The van der Waals surface area contributed by atoms with Crippen molar-refractivity contribution in [1.82, 2.24) is 10.2 Å². The Balaban J connectivity index is 2.25. The average molecular weight is 214 g/mol. The summed E-state index contributed by atoms with van der Waals surface area (Å²) < 4.78 is 5.17. The van der Waals surface area contributed by atoms with E-state index in [9.17, 15) is 9.59 Å². The highest BCUT2D eigenvalue weighted by Gasteiger charge is 2.16. The topological polar surface area (TPSA) is 58.6 Å². The number of nitrogens with one attached hydrogen (secondary N) is 1. The van der Waals surface area contributed by atoms with E-state index in [1.165, 1.54) is 6.92 Å². The molecule has 5 nitrogen and oxygen atoms in total. The van der Waals surface area contributed by atoms with Crippen LogP contribution in [-0.4, -0.2) is 55.5 Å². The normalized spacial score (nSPS) is 19.6. The molecule has 1 aliphatic heterocycles. The second-order valence-electron chi connectivity index (χ2n) is 3.79. The quantitative estimate of drug-likeness (QED) is 0.679. The van der Waals surface area contributed by atoms with Crippen molar-refractivity contribution in [2.24, 2.45) is 0 Å². The summed E-state index contributed by atoms with van der Waals surface area (Å²) in [5.41, 5.74) is 0. The van der Waals surface area contributed by atoms with Gasteiger partial charge in [0, 0.05) is 13.1 Å². The van der Waals surface area contributed by atoms with Crippen molar-refractivity contribution in [2.75, 3.05) is 32.8 Å². The maximum Gasteiger partial charge on any atom is 0.234 e. The van der Waals surface area contributed by atoms with E-state index in [0.29, 0.717) is 19.8 Å². The number of amides is 1. The molecule has 1 heterocycles. The molecule has 1 rings (SSSR count). The molecule has 86 valence electrons. The Morgan fingerprint density at radius 3 is 2.53 bits per heavy atom. The fourth-order valence-electron chi connectivity index (χ4n) is 1.35. The highest BCUT2D eigenvalue weighted by atomic mass is 16.5. The van der Waals surface area contributed by atoms with Gasteiger partial charge in [-0.15, -0.1) is 0 Å². The van der Waals surface area contributed by atoms with E-state index in [0.717, 1.165) is 13.1 Å². The third-order valence-corrected chi connectivity index (χ3v) is 2.46. The molecule has 0 unspecified atom stereocenters. The van der Waals surface area contributed by atoms with Crippen molar-refractivity contribution in [3.05, 3.63) is 0 Å². The number of hydrogen-bond donors (Lipinski definition) is 1. The molecule has 0 aromatic heterocycles. The van der Waals surface area contributed by atoms with Crippen molar-refractivity contribution >= 4 is 11.7 Å². The predicted molar refractivity (Wildman–Crippen MR) is 55.5 cm³/mol.